The van der Waals surface area contributed by atoms with Crippen LogP contribution in [0.4, 0.5) is 4.79 Å². The molecule has 4 rings (SSSR count). The molecule has 2 amide bonds. The van der Waals surface area contributed by atoms with Gasteiger partial charge in [-0.3, -0.25) is 4.79 Å². The van der Waals surface area contributed by atoms with E-state index in [-0.39, 0.29) is 12.3 Å². The van der Waals surface area contributed by atoms with E-state index in [0.717, 1.165) is 27.7 Å². The Balaban J connectivity index is 1.86. The average Bonchev–Trinajstić information content (AvgIpc) is 3.12. The lowest BCUT2D eigenvalue weighted by molar-refractivity contribution is 0.0974. The minimum atomic E-state index is -0.749. The first kappa shape index (κ1) is 20.9. The Bertz CT molecular complexity index is 1290. The van der Waals surface area contributed by atoms with Crippen LogP contribution in [-0.4, -0.2) is 29.7 Å². The van der Waals surface area contributed by atoms with Crippen molar-refractivity contribution in [3.63, 3.8) is 0 Å². The Morgan fingerprint density at radius 2 is 1.69 bits per heavy atom. The maximum absolute atomic E-state index is 13.2. The molecule has 0 aliphatic heterocycles. The highest BCUT2D eigenvalue weighted by atomic mass is 16.5. The summed E-state index contributed by atoms with van der Waals surface area (Å²) in [6, 6.07) is 23.8. The molecule has 0 spiro atoms. The summed E-state index contributed by atoms with van der Waals surface area (Å²) in [7, 11) is 1.59. The number of aromatic nitrogens is 1. The Hall–Kier alpha value is -4.39. The second-order valence-electron chi connectivity index (χ2n) is 7.12. The molecule has 160 valence electrons. The molecular formula is C25H22N4O3. The van der Waals surface area contributed by atoms with Gasteiger partial charge in [-0.2, -0.15) is 5.10 Å². The summed E-state index contributed by atoms with van der Waals surface area (Å²) in [5, 5.41) is 4.89. The van der Waals surface area contributed by atoms with Gasteiger partial charge in [0.2, 0.25) is 0 Å². The van der Waals surface area contributed by atoms with Crippen molar-refractivity contribution in [2.75, 3.05) is 7.11 Å². The van der Waals surface area contributed by atoms with Gasteiger partial charge in [0, 0.05) is 22.0 Å². The number of benzene rings is 3. The van der Waals surface area contributed by atoms with Gasteiger partial charge in [0.05, 0.1) is 25.6 Å². The fraction of sp³-hybridized carbons (Fsp3) is 0.0800. The normalized spacial score (nSPS) is 11.0. The van der Waals surface area contributed by atoms with Crippen LogP contribution in [0.2, 0.25) is 0 Å². The van der Waals surface area contributed by atoms with Crippen molar-refractivity contribution in [1.82, 2.24) is 9.99 Å². The summed E-state index contributed by atoms with van der Waals surface area (Å²) >= 11 is 0. The lowest BCUT2D eigenvalue weighted by Gasteiger charge is -2.12. The van der Waals surface area contributed by atoms with Gasteiger partial charge in [-0.25, -0.2) is 10.2 Å². The molecule has 0 radical (unpaired) electrons. The van der Waals surface area contributed by atoms with Crippen molar-refractivity contribution >= 4 is 28.9 Å². The highest BCUT2D eigenvalue weighted by molar-refractivity contribution is 6.08. The zero-order chi connectivity index (χ0) is 22.5. The number of carbonyl (C=O) groups excluding carboxylic acids is 2. The largest absolute Gasteiger partial charge is 0.497 e. The van der Waals surface area contributed by atoms with Crippen molar-refractivity contribution < 1.29 is 14.3 Å². The van der Waals surface area contributed by atoms with Crippen LogP contribution in [-0.2, 0) is 6.54 Å². The number of fused-ring (bicyclic) bond motifs is 1. The fourth-order valence-electron chi connectivity index (χ4n) is 3.70. The van der Waals surface area contributed by atoms with Crippen molar-refractivity contribution in [3.8, 4) is 17.0 Å². The minimum Gasteiger partial charge on any atom is -0.497 e. The van der Waals surface area contributed by atoms with Gasteiger partial charge in [-0.15, -0.1) is 0 Å². The van der Waals surface area contributed by atoms with Gasteiger partial charge in [0.15, 0.2) is 5.78 Å². The maximum atomic E-state index is 13.2. The van der Waals surface area contributed by atoms with Crippen LogP contribution < -0.4 is 15.9 Å². The number of rotatable bonds is 7. The number of Topliss-reactive ketones (excluding diaryl/α,β-unsaturated/α-hetero) is 1. The van der Waals surface area contributed by atoms with Crippen molar-refractivity contribution in [2.45, 2.75) is 6.54 Å². The Morgan fingerprint density at radius 1 is 1.00 bits per heavy atom. The second-order valence-corrected chi connectivity index (χ2v) is 7.12. The van der Waals surface area contributed by atoms with Crippen LogP contribution in [0.15, 0.2) is 84.0 Å². The molecule has 1 heterocycles. The molecule has 4 aromatic rings. The second kappa shape index (κ2) is 9.18. The first-order valence-electron chi connectivity index (χ1n) is 10.0. The van der Waals surface area contributed by atoms with Gasteiger partial charge < -0.3 is 15.0 Å². The first-order chi connectivity index (χ1) is 15.6. The van der Waals surface area contributed by atoms with E-state index < -0.39 is 6.03 Å². The number of carbonyl (C=O) groups is 2. The summed E-state index contributed by atoms with van der Waals surface area (Å²) in [5.74, 6) is 0.655. The van der Waals surface area contributed by atoms with E-state index >= 15 is 0 Å². The van der Waals surface area contributed by atoms with Crippen LogP contribution >= 0.6 is 0 Å². The number of hydrogen-bond acceptors (Lipinski definition) is 4. The monoisotopic (exact) mass is 426 g/mol. The van der Waals surface area contributed by atoms with Crippen LogP contribution in [0.5, 0.6) is 5.75 Å². The van der Waals surface area contributed by atoms with Crippen LogP contribution in [0, 0.1) is 0 Å². The van der Waals surface area contributed by atoms with Gasteiger partial charge in [-0.1, -0.05) is 48.5 Å². The van der Waals surface area contributed by atoms with E-state index in [0.29, 0.717) is 11.3 Å². The number of nitrogens with one attached hydrogen (secondary N) is 1. The SMILES string of the molecule is COc1ccc(C(=O)Cn2c(-c3ccccc3)c(/C=N/NC(N)=O)c3ccccc32)cc1. The number of hydrogen-bond donors (Lipinski definition) is 2. The number of methoxy groups -OCH3 is 1. The number of amides is 2. The predicted octanol–water partition coefficient (Wildman–Crippen LogP) is 4.20. The van der Waals surface area contributed by atoms with Crippen LogP contribution in [0.1, 0.15) is 15.9 Å². The summed E-state index contributed by atoms with van der Waals surface area (Å²) < 4.78 is 7.16. The third-order valence-corrected chi connectivity index (χ3v) is 5.14. The summed E-state index contributed by atoms with van der Waals surface area (Å²) in [4.78, 5) is 24.3. The van der Waals surface area contributed by atoms with E-state index in [1.165, 1.54) is 0 Å². The lowest BCUT2D eigenvalue weighted by atomic mass is 10.1. The molecule has 7 heteroatoms. The molecule has 0 fully saturated rings. The number of urea groups is 1. The molecule has 3 aromatic carbocycles. The number of ether oxygens (including phenoxy) is 1. The van der Waals surface area contributed by atoms with Crippen LogP contribution in [0.25, 0.3) is 22.2 Å². The predicted molar refractivity (Wildman–Crippen MR) is 125 cm³/mol. The molecule has 0 aliphatic rings. The quantitative estimate of drug-likeness (QED) is 0.263. The van der Waals surface area contributed by atoms with E-state index in [9.17, 15) is 9.59 Å². The third-order valence-electron chi connectivity index (χ3n) is 5.14. The van der Waals surface area contributed by atoms with Crippen molar-refractivity contribution in [1.29, 1.82) is 0 Å². The van der Waals surface area contributed by atoms with Gasteiger partial charge in [0.1, 0.15) is 5.75 Å². The summed E-state index contributed by atoms with van der Waals surface area (Å²) in [6.45, 7) is 0.133. The zero-order valence-corrected chi connectivity index (χ0v) is 17.5. The topological polar surface area (TPSA) is 98.7 Å². The number of nitrogens with zero attached hydrogens (tertiary/aromatic N) is 2. The molecule has 0 unspecified atom stereocenters. The Morgan fingerprint density at radius 3 is 2.38 bits per heavy atom. The summed E-state index contributed by atoms with van der Waals surface area (Å²) in [6.07, 6.45) is 1.56. The lowest BCUT2D eigenvalue weighted by Crippen LogP contribution is -2.24. The number of para-hydroxylation sites is 1. The highest BCUT2D eigenvalue weighted by Gasteiger charge is 2.20. The molecular weight excluding hydrogens is 404 g/mol. The van der Waals surface area contributed by atoms with E-state index in [1.54, 1.807) is 37.6 Å². The van der Waals surface area contributed by atoms with Crippen molar-refractivity contribution in [3.05, 3.63) is 90.0 Å². The highest BCUT2D eigenvalue weighted by Crippen LogP contribution is 2.33. The molecule has 32 heavy (non-hydrogen) atoms. The molecule has 0 aliphatic carbocycles. The molecule has 7 nitrogen and oxygen atoms in total. The fourth-order valence-corrected chi connectivity index (χ4v) is 3.70. The van der Waals surface area contributed by atoms with E-state index in [1.807, 2.05) is 59.2 Å². The minimum absolute atomic E-state index is 0.0377. The van der Waals surface area contributed by atoms with Crippen LogP contribution in [0.3, 0.4) is 0 Å². The van der Waals surface area contributed by atoms with Gasteiger partial charge in [-0.05, 0) is 35.9 Å². The molecule has 0 atom stereocenters. The Kier molecular flexibility index (Phi) is 5.98. The smallest absolute Gasteiger partial charge is 0.332 e. The first-order valence-corrected chi connectivity index (χ1v) is 10.0. The Labute approximate surface area is 185 Å². The summed E-state index contributed by atoms with van der Waals surface area (Å²) in [5.41, 5.74) is 11.4. The van der Waals surface area contributed by atoms with Crippen molar-refractivity contribution in [2.24, 2.45) is 10.8 Å². The van der Waals surface area contributed by atoms with E-state index in [2.05, 4.69) is 10.5 Å². The molecule has 0 bridgehead atoms. The van der Waals surface area contributed by atoms with Gasteiger partial charge in [0.25, 0.3) is 0 Å². The third kappa shape index (κ3) is 4.22. The number of hydrazone groups is 1. The van der Waals surface area contributed by atoms with Gasteiger partial charge >= 0.3 is 6.03 Å². The molecule has 1 aromatic heterocycles. The number of ketones is 1. The zero-order valence-electron chi connectivity index (χ0n) is 17.5. The van der Waals surface area contributed by atoms with E-state index in [4.69, 9.17) is 10.5 Å². The molecule has 0 saturated carbocycles. The average molecular weight is 426 g/mol. The molecule has 0 saturated heterocycles. The number of nitrogens with two attached hydrogens (primary N) is 1. The molecule has 3 N–H and O–H groups in total. The number of primary amides is 1. The standard InChI is InChI=1S/C25H22N4O3/c1-32-19-13-11-17(12-14-19)23(30)16-29-22-10-6-5-9-20(22)21(15-27-28-25(26)31)24(29)18-7-3-2-4-8-18/h2-15H,16H2,1H3,(H3,26,28,31)/b27-15+. The maximum Gasteiger partial charge on any atom is 0.332 e.